The average Bonchev–Trinajstić information content (AvgIpc) is 3.05. The van der Waals surface area contributed by atoms with Gasteiger partial charge in [0.05, 0.1) is 15.7 Å². The van der Waals surface area contributed by atoms with Crippen molar-refractivity contribution >= 4 is 27.5 Å². The van der Waals surface area contributed by atoms with Gasteiger partial charge >= 0.3 is 0 Å². The van der Waals surface area contributed by atoms with E-state index in [-0.39, 0.29) is 5.91 Å². The van der Waals surface area contributed by atoms with Crippen LogP contribution in [0.3, 0.4) is 0 Å². The number of carbonyl (C=O) groups is 1. The Morgan fingerprint density at radius 2 is 2.44 bits per heavy atom. The summed E-state index contributed by atoms with van der Waals surface area (Å²) in [6.07, 6.45) is 1.02. The van der Waals surface area contributed by atoms with Crippen LogP contribution in [0.5, 0.6) is 0 Å². The second kappa shape index (κ2) is 4.66. The number of hydrogen-bond donors (Lipinski definition) is 1. The highest BCUT2D eigenvalue weighted by Crippen LogP contribution is 2.22. The number of thiazole rings is 1. The zero-order valence-electron chi connectivity index (χ0n) is 10.0. The summed E-state index contributed by atoms with van der Waals surface area (Å²) in [5.41, 5.74) is 9.17. The van der Waals surface area contributed by atoms with Crippen LogP contribution >= 0.6 is 11.3 Å². The first kappa shape index (κ1) is 11.6. The molecule has 2 aromatic rings. The van der Waals surface area contributed by atoms with Crippen molar-refractivity contribution in [1.29, 1.82) is 0 Å². The third kappa shape index (κ3) is 2.00. The zero-order chi connectivity index (χ0) is 12.5. The Bertz CT molecular complexity index is 580. The van der Waals surface area contributed by atoms with Crippen LogP contribution in [-0.2, 0) is 0 Å². The van der Waals surface area contributed by atoms with Crippen molar-refractivity contribution in [3.05, 3.63) is 29.3 Å². The Balaban J connectivity index is 1.83. The van der Waals surface area contributed by atoms with Crippen LogP contribution in [-0.4, -0.2) is 35.4 Å². The van der Waals surface area contributed by atoms with Gasteiger partial charge in [-0.05, 0) is 37.1 Å². The maximum atomic E-state index is 12.3. The molecule has 5 heteroatoms. The van der Waals surface area contributed by atoms with Gasteiger partial charge in [0, 0.05) is 18.7 Å². The SMILES string of the molecule is NCC1CCN(C(=O)c2ccc3ncsc3c2)C1. The van der Waals surface area contributed by atoms with Crippen LogP contribution in [0, 0.1) is 5.92 Å². The molecule has 1 fully saturated rings. The molecule has 1 aromatic carbocycles. The summed E-state index contributed by atoms with van der Waals surface area (Å²) in [5, 5.41) is 0. The summed E-state index contributed by atoms with van der Waals surface area (Å²) in [7, 11) is 0. The predicted octanol–water partition coefficient (Wildman–Crippen LogP) is 1.72. The molecule has 1 amide bonds. The van der Waals surface area contributed by atoms with Gasteiger partial charge in [-0.15, -0.1) is 11.3 Å². The molecule has 2 heterocycles. The maximum Gasteiger partial charge on any atom is 0.253 e. The maximum absolute atomic E-state index is 12.3. The van der Waals surface area contributed by atoms with E-state index in [1.165, 1.54) is 0 Å². The highest BCUT2D eigenvalue weighted by molar-refractivity contribution is 7.16. The summed E-state index contributed by atoms with van der Waals surface area (Å²) in [6.45, 7) is 2.27. The molecule has 1 unspecified atom stereocenters. The number of aromatic nitrogens is 1. The highest BCUT2D eigenvalue weighted by Gasteiger charge is 2.26. The highest BCUT2D eigenvalue weighted by atomic mass is 32.1. The minimum absolute atomic E-state index is 0.112. The van der Waals surface area contributed by atoms with Crippen LogP contribution in [0.15, 0.2) is 23.7 Å². The molecule has 0 spiro atoms. The Hall–Kier alpha value is -1.46. The van der Waals surface area contributed by atoms with E-state index in [0.29, 0.717) is 12.5 Å². The smallest absolute Gasteiger partial charge is 0.253 e. The molecule has 0 bridgehead atoms. The van der Waals surface area contributed by atoms with Crippen LogP contribution in [0.25, 0.3) is 10.2 Å². The summed E-state index contributed by atoms with van der Waals surface area (Å²) < 4.78 is 1.07. The molecule has 1 atom stereocenters. The number of benzene rings is 1. The van der Waals surface area contributed by atoms with Gasteiger partial charge in [0.2, 0.25) is 0 Å². The van der Waals surface area contributed by atoms with Gasteiger partial charge in [0.1, 0.15) is 0 Å². The Labute approximate surface area is 109 Å². The molecule has 0 radical (unpaired) electrons. The van der Waals surface area contributed by atoms with E-state index < -0.39 is 0 Å². The van der Waals surface area contributed by atoms with E-state index in [1.54, 1.807) is 16.8 Å². The lowest BCUT2D eigenvalue weighted by Gasteiger charge is -2.16. The summed E-state index contributed by atoms with van der Waals surface area (Å²) in [5.74, 6) is 0.572. The molecule has 94 valence electrons. The van der Waals surface area contributed by atoms with E-state index in [0.717, 1.165) is 35.3 Å². The molecule has 1 aliphatic heterocycles. The van der Waals surface area contributed by atoms with Crippen LogP contribution < -0.4 is 5.73 Å². The third-order valence-electron chi connectivity index (χ3n) is 3.48. The van der Waals surface area contributed by atoms with E-state index >= 15 is 0 Å². The van der Waals surface area contributed by atoms with Crippen molar-refractivity contribution in [3.63, 3.8) is 0 Å². The number of carbonyl (C=O) groups excluding carboxylic acids is 1. The number of likely N-dealkylation sites (tertiary alicyclic amines) is 1. The minimum Gasteiger partial charge on any atom is -0.338 e. The second-order valence-electron chi connectivity index (χ2n) is 4.68. The first-order valence-electron chi connectivity index (χ1n) is 6.10. The second-order valence-corrected chi connectivity index (χ2v) is 5.56. The lowest BCUT2D eigenvalue weighted by atomic mass is 10.1. The van der Waals surface area contributed by atoms with E-state index in [1.807, 2.05) is 23.1 Å². The fourth-order valence-corrected chi connectivity index (χ4v) is 3.10. The molecular weight excluding hydrogens is 246 g/mol. The average molecular weight is 261 g/mol. The largest absolute Gasteiger partial charge is 0.338 e. The minimum atomic E-state index is 0.112. The third-order valence-corrected chi connectivity index (χ3v) is 4.28. The topological polar surface area (TPSA) is 59.2 Å². The van der Waals surface area contributed by atoms with Crippen LogP contribution in [0.2, 0.25) is 0 Å². The number of rotatable bonds is 2. The van der Waals surface area contributed by atoms with Gasteiger partial charge in [-0.1, -0.05) is 0 Å². The molecule has 3 rings (SSSR count). The van der Waals surface area contributed by atoms with Crippen molar-refractivity contribution in [1.82, 2.24) is 9.88 Å². The van der Waals surface area contributed by atoms with E-state index in [4.69, 9.17) is 5.73 Å². The zero-order valence-corrected chi connectivity index (χ0v) is 10.8. The van der Waals surface area contributed by atoms with Crippen molar-refractivity contribution in [3.8, 4) is 0 Å². The lowest BCUT2D eigenvalue weighted by Crippen LogP contribution is -2.29. The van der Waals surface area contributed by atoms with E-state index in [2.05, 4.69) is 4.98 Å². The van der Waals surface area contributed by atoms with Crippen molar-refractivity contribution in [2.75, 3.05) is 19.6 Å². The molecule has 0 saturated carbocycles. The van der Waals surface area contributed by atoms with Crippen molar-refractivity contribution in [2.45, 2.75) is 6.42 Å². The number of nitrogens with zero attached hydrogens (tertiary/aromatic N) is 2. The quantitative estimate of drug-likeness (QED) is 0.895. The summed E-state index contributed by atoms with van der Waals surface area (Å²) in [4.78, 5) is 18.5. The summed E-state index contributed by atoms with van der Waals surface area (Å²) in [6, 6.07) is 5.71. The van der Waals surface area contributed by atoms with Gasteiger partial charge in [0.25, 0.3) is 5.91 Å². The lowest BCUT2D eigenvalue weighted by molar-refractivity contribution is 0.0788. The van der Waals surface area contributed by atoms with Crippen molar-refractivity contribution < 1.29 is 4.79 Å². The van der Waals surface area contributed by atoms with Crippen LogP contribution in [0.1, 0.15) is 16.8 Å². The Morgan fingerprint density at radius 1 is 1.56 bits per heavy atom. The molecular formula is C13H15N3OS. The number of fused-ring (bicyclic) bond motifs is 1. The first-order chi connectivity index (χ1) is 8.78. The van der Waals surface area contributed by atoms with Gasteiger partial charge in [0.15, 0.2) is 0 Å². The Morgan fingerprint density at radius 3 is 3.22 bits per heavy atom. The van der Waals surface area contributed by atoms with E-state index in [9.17, 15) is 4.79 Å². The Kier molecular flexibility index (Phi) is 3.01. The van der Waals surface area contributed by atoms with Gasteiger partial charge < -0.3 is 10.6 Å². The standard InChI is InChI=1S/C13H15N3OS/c14-6-9-3-4-16(7-9)13(17)10-1-2-11-12(5-10)18-8-15-11/h1-2,5,8-9H,3-4,6-7,14H2. The first-order valence-corrected chi connectivity index (χ1v) is 6.98. The summed E-state index contributed by atoms with van der Waals surface area (Å²) >= 11 is 1.56. The van der Waals surface area contributed by atoms with Crippen molar-refractivity contribution in [2.24, 2.45) is 11.7 Å². The van der Waals surface area contributed by atoms with Gasteiger partial charge in [-0.2, -0.15) is 0 Å². The normalized spacial score (nSPS) is 19.6. The van der Waals surface area contributed by atoms with Gasteiger partial charge in [-0.3, -0.25) is 4.79 Å². The predicted molar refractivity (Wildman–Crippen MR) is 72.7 cm³/mol. The fraction of sp³-hybridized carbons (Fsp3) is 0.385. The fourth-order valence-electron chi connectivity index (χ4n) is 2.38. The molecule has 1 aromatic heterocycles. The van der Waals surface area contributed by atoms with Crippen LogP contribution in [0.4, 0.5) is 0 Å². The number of nitrogens with two attached hydrogens (primary N) is 1. The molecule has 1 saturated heterocycles. The number of amides is 1. The van der Waals surface area contributed by atoms with Gasteiger partial charge in [-0.25, -0.2) is 4.98 Å². The molecule has 4 nitrogen and oxygen atoms in total. The molecule has 0 aliphatic carbocycles. The molecule has 18 heavy (non-hydrogen) atoms. The molecule has 1 aliphatic rings. The monoisotopic (exact) mass is 261 g/mol. The number of hydrogen-bond acceptors (Lipinski definition) is 4. The molecule has 2 N–H and O–H groups in total.